The van der Waals surface area contributed by atoms with Gasteiger partial charge in [0, 0.05) is 23.7 Å². The molecule has 0 aromatic heterocycles. The third-order valence-electron chi connectivity index (χ3n) is 3.45. The summed E-state index contributed by atoms with van der Waals surface area (Å²) in [6, 6.07) is 6.64. The van der Waals surface area contributed by atoms with Crippen LogP contribution in [0.15, 0.2) is 22.7 Å². The van der Waals surface area contributed by atoms with E-state index in [4.69, 9.17) is 9.47 Å². The summed E-state index contributed by atoms with van der Waals surface area (Å²) in [6.45, 7) is 6.95. The van der Waals surface area contributed by atoms with Crippen molar-refractivity contribution in [2.75, 3.05) is 26.9 Å². The molecule has 120 valence electrons. The van der Waals surface area contributed by atoms with E-state index < -0.39 is 0 Å². The van der Waals surface area contributed by atoms with E-state index in [2.05, 4.69) is 40.3 Å². The molecule has 4 heteroatoms. The second-order valence-electron chi connectivity index (χ2n) is 5.15. The number of rotatable bonds is 11. The zero-order valence-electron chi connectivity index (χ0n) is 13.5. The molecule has 1 unspecified atom stereocenters. The van der Waals surface area contributed by atoms with Crippen LogP contribution in [0.4, 0.5) is 0 Å². The molecule has 0 aliphatic heterocycles. The summed E-state index contributed by atoms with van der Waals surface area (Å²) in [5.41, 5.74) is 1.29. The van der Waals surface area contributed by atoms with Crippen molar-refractivity contribution in [1.29, 1.82) is 0 Å². The first-order valence-corrected chi connectivity index (χ1v) is 8.64. The second-order valence-corrected chi connectivity index (χ2v) is 6.01. The third kappa shape index (κ3) is 7.30. The Hall–Kier alpha value is -0.580. The summed E-state index contributed by atoms with van der Waals surface area (Å²) in [5, 5.41) is 3.64. The normalized spacial score (nSPS) is 12.4. The number of methoxy groups -OCH3 is 1. The van der Waals surface area contributed by atoms with E-state index in [1.165, 1.54) is 5.56 Å². The molecule has 0 fully saturated rings. The van der Waals surface area contributed by atoms with Crippen LogP contribution >= 0.6 is 15.9 Å². The van der Waals surface area contributed by atoms with Crippen LogP contribution in [0.2, 0.25) is 0 Å². The highest BCUT2D eigenvalue weighted by Gasteiger charge is 2.12. The molecule has 1 atom stereocenters. The fourth-order valence-corrected chi connectivity index (χ4v) is 2.71. The Kier molecular flexibility index (Phi) is 9.72. The Morgan fingerprint density at radius 2 is 2.10 bits per heavy atom. The van der Waals surface area contributed by atoms with Crippen molar-refractivity contribution in [3.8, 4) is 5.75 Å². The Morgan fingerprint density at radius 1 is 1.29 bits per heavy atom. The van der Waals surface area contributed by atoms with Gasteiger partial charge in [0.05, 0.1) is 7.11 Å². The number of benzene rings is 1. The lowest BCUT2D eigenvalue weighted by Gasteiger charge is -2.20. The maximum atomic E-state index is 5.44. The number of halogens is 1. The molecule has 1 aromatic carbocycles. The quantitative estimate of drug-likeness (QED) is 0.602. The van der Waals surface area contributed by atoms with E-state index in [-0.39, 0.29) is 0 Å². The summed E-state index contributed by atoms with van der Waals surface area (Å²) in [6.07, 6.45) is 4.38. The molecule has 0 heterocycles. The highest BCUT2D eigenvalue weighted by Crippen LogP contribution is 2.24. The molecule has 0 spiro atoms. The van der Waals surface area contributed by atoms with Crippen LogP contribution < -0.4 is 10.1 Å². The summed E-state index contributed by atoms with van der Waals surface area (Å²) >= 11 is 3.64. The van der Waals surface area contributed by atoms with E-state index in [1.54, 1.807) is 7.11 Å². The van der Waals surface area contributed by atoms with Crippen LogP contribution in [-0.4, -0.2) is 32.9 Å². The lowest BCUT2D eigenvalue weighted by molar-refractivity contribution is 0.140. The van der Waals surface area contributed by atoms with Gasteiger partial charge in [-0.15, -0.1) is 0 Å². The monoisotopic (exact) mass is 357 g/mol. The van der Waals surface area contributed by atoms with Gasteiger partial charge in [0.1, 0.15) is 5.75 Å². The van der Waals surface area contributed by atoms with Gasteiger partial charge in [-0.2, -0.15) is 0 Å². The van der Waals surface area contributed by atoms with Gasteiger partial charge in [0.2, 0.25) is 0 Å². The van der Waals surface area contributed by atoms with E-state index in [0.717, 1.165) is 55.7 Å². The minimum atomic E-state index is 0.480. The molecule has 1 N–H and O–H groups in total. The maximum absolute atomic E-state index is 5.44. The van der Waals surface area contributed by atoms with Gasteiger partial charge in [-0.05, 0) is 62.9 Å². The van der Waals surface area contributed by atoms with Gasteiger partial charge in [-0.25, -0.2) is 0 Å². The highest BCUT2D eigenvalue weighted by molar-refractivity contribution is 9.10. The van der Waals surface area contributed by atoms with Crippen molar-refractivity contribution in [3.63, 3.8) is 0 Å². The Morgan fingerprint density at radius 3 is 2.76 bits per heavy atom. The van der Waals surface area contributed by atoms with Crippen LogP contribution in [-0.2, 0) is 11.2 Å². The molecular formula is C17H28BrNO2. The maximum Gasteiger partial charge on any atom is 0.119 e. The molecule has 0 saturated carbocycles. The first kappa shape index (κ1) is 18.5. The van der Waals surface area contributed by atoms with Gasteiger partial charge in [0.25, 0.3) is 0 Å². The third-order valence-corrected chi connectivity index (χ3v) is 4.22. The first-order chi connectivity index (χ1) is 10.2. The lowest BCUT2D eigenvalue weighted by Crippen LogP contribution is -2.32. The van der Waals surface area contributed by atoms with E-state index in [9.17, 15) is 0 Å². The number of nitrogens with one attached hydrogen (secondary N) is 1. The van der Waals surface area contributed by atoms with Gasteiger partial charge < -0.3 is 14.8 Å². The van der Waals surface area contributed by atoms with Crippen molar-refractivity contribution in [3.05, 3.63) is 28.2 Å². The van der Waals surface area contributed by atoms with Gasteiger partial charge in [-0.1, -0.05) is 22.9 Å². The fourth-order valence-electron chi connectivity index (χ4n) is 2.30. The zero-order chi connectivity index (χ0) is 15.5. The number of hydrogen-bond acceptors (Lipinski definition) is 3. The Labute approximate surface area is 137 Å². The highest BCUT2D eigenvalue weighted by atomic mass is 79.9. The summed E-state index contributed by atoms with van der Waals surface area (Å²) in [4.78, 5) is 0. The second kappa shape index (κ2) is 11.0. The largest absolute Gasteiger partial charge is 0.497 e. The predicted molar refractivity (Wildman–Crippen MR) is 92.2 cm³/mol. The topological polar surface area (TPSA) is 30.5 Å². The van der Waals surface area contributed by atoms with Crippen LogP contribution in [0.3, 0.4) is 0 Å². The van der Waals surface area contributed by atoms with E-state index in [0.29, 0.717) is 6.04 Å². The molecule has 0 aliphatic carbocycles. The molecule has 1 aromatic rings. The average Bonchev–Trinajstić information content (AvgIpc) is 2.50. The van der Waals surface area contributed by atoms with Crippen LogP contribution in [0.25, 0.3) is 0 Å². The van der Waals surface area contributed by atoms with Crippen molar-refractivity contribution >= 4 is 15.9 Å². The van der Waals surface area contributed by atoms with Gasteiger partial charge in [-0.3, -0.25) is 0 Å². The number of ether oxygens (including phenoxy) is 2. The van der Waals surface area contributed by atoms with Gasteiger partial charge in [0.15, 0.2) is 0 Å². The van der Waals surface area contributed by atoms with Gasteiger partial charge >= 0.3 is 0 Å². The Balaban J connectivity index is 2.61. The molecule has 3 nitrogen and oxygen atoms in total. The molecule has 21 heavy (non-hydrogen) atoms. The Bertz CT molecular complexity index is 398. The van der Waals surface area contributed by atoms with Crippen molar-refractivity contribution in [2.45, 2.75) is 45.6 Å². The molecule has 0 aliphatic rings. The molecule has 0 amide bonds. The van der Waals surface area contributed by atoms with Crippen molar-refractivity contribution in [1.82, 2.24) is 5.32 Å². The fraction of sp³-hybridized carbons (Fsp3) is 0.647. The summed E-state index contributed by atoms with van der Waals surface area (Å²) in [7, 11) is 1.71. The number of hydrogen-bond donors (Lipinski definition) is 1. The van der Waals surface area contributed by atoms with E-state index in [1.807, 2.05) is 13.0 Å². The molecule has 0 bridgehead atoms. The standard InChI is InChI=1S/C17H28BrNO2/c1-4-10-19-15(7-6-11-21-5-2)12-14-13-16(20-3)8-9-17(14)18/h8-9,13,15,19H,4-7,10-12H2,1-3H3. The summed E-state index contributed by atoms with van der Waals surface area (Å²) in [5.74, 6) is 0.914. The molecular weight excluding hydrogens is 330 g/mol. The van der Waals surface area contributed by atoms with Crippen molar-refractivity contribution < 1.29 is 9.47 Å². The van der Waals surface area contributed by atoms with E-state index >= 15 is 0 Å². The average molecular weight is 358 g/mol. The van der Waals surface area contributed by atoms with Crippen molar-refractivity contribution in [2.24, 2.45) is 0 Å². The van der Waals surface area contributed by atoms with Crippen LogP contribution in [0, 0.1) is 0 Å². The predicted octanol–water partition coefficient (Wildman–Crippen LogP) is 4.19. The minimum absolute atomic E-state index is 0.480. The minimum Gasteiger partial charge on any atom is -0.497 e. The molecule has 1 rings (SSSR count). The lowest BCUT2D eigenvalue weighted by atomic mass is 10.0. The SMILES string of the molecule is CCCNC(CCCOCC)Cc1cc(OC)ccc1Br. The van der Waals surface area contributed by atoms with Crippen LogP contribution in [0.1, 0.15) is 38.7 Å². The smallest absolute Gasteiger partial charge is 0.119 e. The van der Waals surface area contributed by atoms with Crippen LogP contribution in [0.5, 0.6) is 5.75 Å². The summed E-state index contributed by atoms with van der Waals surface area (Å²) < 4.78 is 11.9. The molecule has 0 radical (unpaired) electrons. The first-order valence-electron chi connectivity index (χ1n) is 7.84. The zero-order valence-corrected chi connectivity index (χ0v) is 15.0. The molecule has 0 saturated heterocycles.